The van der Waals surface area contributed by atoms with Crippen LogP contribution in [0.3, 0.4) is 0 Å². The number of hydrogen-bond donors (Lipinski definition) is 0. The minimum absolute atomic E-state index is 0.113. The number of nitrogens with zero attached hydrogens (tertiary/aromatic N) is 5. The standard InChI is InChI=1S/C29H35N5O4S2/c1-6-10-33-26(32-14-12-31(3)13-15-32)21(19(2)22(18-30)27(33)35)17-25-28(36)34(29(39)40-25)11-9-20-7-8-23(37-4)24(16-20)38-5/h7-8,16-17H,6,9-15H2,1-5H3. The van der Waals surface area contributed by atoms with Gasteiger partial charge in [0.05, 0.1) is 19.1 Å². The number of pyridine rings is 1. The molecule has 0 atom stereocenters. The number of nitriles is 1. The van der Waals surface area contributed by atoms with Crippen LogP contribution in [0.4, 0.5) is 5.82 Å². The predicted octanol–water partition coefficient (Wildman–Crippen LogP) is 3.65. The van der Waals surface area contributed by atoms with Crippen molar-refractivity contribution in [3.05, 3.63) is 55.7 Å². The highest BCUT2D eigenvalue weighted by molar-refractivity contribution is 8.26. The number of thiocarbonyl (C=S) groups is 1. The van der Waals surface area contributed by atoms with Crippen molar-refractivity contribution in [2.75, 3.05) is 58.9 Å². The Hall–Kier alpha value is -3.33. The van der Waals surface area contributed by atoms with Crippen LogP contribution in [-0.2, 0) is 17.8 Å². The molecule has 1 amide bonds. The van der Waals surface area contributed by atoms with Gasteiger partial charge in [-0.3, -0.25) is 19.1 Å². The number of methoxy groups -OCH3 is 2. The average Bonchev–Trinajstić information content (AvgIpc) is 3.22. The summed E-state index contributed by atoms with van der Waals surface area (Å²) in [7, 11) is 5.26. The van der Waals surface area contributed by atoms with Crippen molar-refractivity contribution >= 4 is 46.1 Å². The first-order valence-electron chi connectivity index (χ1n) is 13.3. The fourth-order valence-corrected chi connectivity index (χ4v) is 6.33. The van der Waals surface area contributed by atoms with Gasteiger partial charge >= 0.3 is 0 Å². The van der Waals surface area contributed by atoms with Crippen LogP contribution < -0.4 is 19.9 Å². The molecule has 0 radical (unpaired) electrons. The third kappa shape index (κ3) is 5.89. The molecule has 2 aromatic rings. The zero-order valence-electron chi connectivity index (χ0n) is 23.7. The molecule has 2 fully saturated rings. The zero-order valence-corrected chi connectivity index (χ0v) is 25.3. The summed E-state index contributed by atoms with van der Waals surface area (Å²) in [4.78, 5) is 33.5. The van der Waals surface area contributed by atoms with Crippen molar-refractivity contribution in [3.8, 4) is 17.6 Å². The minimum atomic E-state index is -0.282. The van der Waals surface area contributed by atoms with Crippen LogP contribution in [-0.4, -0.2) is 78.6 Å². The fraction of sp³-hybridized carbons (Fsp3) is 0.448. The number of likely N-dealkylation sites (N-methyl/N-ethyl adjacent to an activating group) is 1. The molecule has 0 aliphatic carbocycles. The predicted molar refractivity (Wildman–Crippen MR) is 163 cm³/mol. The molecule has 2 aliphatic rings. The molecular weight excluding hydrogens is 546 g/mol. The van der Waals surface area contributed by atoms with E-state index in [0.717, 1.165) is 49.5 Å². The lowest BCUT2D eigenvalue weighted by atomic mass is 10.0. The minimum Gasteiger partial charge on any atom is -0.493 e. The third-order valence-corrected chi connectivity index (χ3v) is 8.70. The monoisotopic (exact) mass is 581 g/mol. The van der Waals surface area contributed by atoms with Crippen LogP contribution in [0.1, 0.15) is 35.6 Å². The molecule has 2 saturated heterocycles. The molecule has 0 bridgehead atoms. The summed E-state index contributed by atoms with van der Waals surface area (Å²) in [6.45, 7) is 7.92. The number of carbonyl (C=O) groups excluding carboxylic acids is 1. The SMILES string of the molecule is CCCn1c(N2CCN(C)CC2)c(C=C2SC(=S)N(CCc3ccc(OC)c(OC)c3)C2=O)c(C)c(C#N)c1=O. The second kappa shape index (κ2) is 12.9. The van der Waals surface area contributed by atoms with Gasteiger partial charge in [-0.1, -0.05) is 37.0 Å². The summed E-state index contributed by atoms with van der Waals surface area (Å²) in [6, 6.07) is 7.81. The number of hydrogen-bond acceptors (Lipinski definition) is 9. The van der Waals surface area contributed by atoms with Crippen LogP contribution in [0.5, 0.6) is 11.5 Å². The molecule has 1 aromatic heterocycles. The number of ether oxygens (including phenoxy) is 2. The zero-order chi connectivity index (χ0) is 29.0. The van der Waals surface area contributed by atoms with Gasteiger partial charge in [0.15, 0.2) is 11.5 Å². The van der Waals surface area contributed by atoms with E-state index in [1.807, 2.05) is 31.2 Å². The van der Waals surface area contributed by atoms with Crippen molar-refractivity contribution in [2.24, 2.45) is 0 Å². The average molecular weight is 582 g/mol. The normalized spacial score (nSPS) is 17.1. The Morgan fingerprint density at radius 3 is 2.42 bits per heavy atom. The van der Waals surface area contributed by atoms with Crippen LogP contribution >= 0.6 is 24.0 Å². The maximum atomic E-state index is 13.6. The van der Waals surface area contributed by atoms with E-state index < -0.39 is 0 Å². The number of amides is 1. The number of piperazine rings is 1. The van der Waals surface area contributed by atoms with Gasteiger partial charge in [-0.05, 0) is 56.1 Å². The van der Waals surface area contributed by atoms with Gasteiger partial charge in [0.2, 0.25) is 0 Å². The smallest absolute Gasteiger partial charge is 0.270 e. The third-order valence-electron chi connectivity index (χ3n) is 7.32. The summed E-state index contributed by atoms with van der Waals surface area (Å²) in [5, 5.41) is 9.88. The number of benzene rings is 1. The first-order valence-corrected chi connectivity index (χ1v) is 14.5. The summed E-state index contributed by atoms with van der Waals surface area (Å²) in [6.07, 6.45) is 3.16. The molecular formula is C29H35N5O4S2. The van der Waals surface area contributed by atoms with Crippen LogP contribution in [0.25, 0.3) is 6.08 Å². The highest BCUT2D eigenvalue weighted by Crippen LogP contribution is 2.36. The van der Waals surface area contributed by atoms with E-state index in [1.54, 1.807) is 30.6 Å². The van der Waals surface area contributed by atoms with Crippen molar-refractivity contribution in [1.29, 1.82) is 5.26 Å². The molecule has 11 heteroatoms. The van der Waals surface area contributed by atoms with Gasteiger partial charge in [0, 0.05) is 44.8 Å². The summed E-state index contributed by atoms with van der Waals surface area (Å²) >= 11 is 6.87. The molecule has 40 heavy (non-hydrogen) atoms. The Morgan fingerprint density at radius 1 is 1.10 bits per heavy atom. The van der Waals surface area contributed by atoms with Gasteiger partial charge in [-0.2, -0.15) is 5.26 Å². The first-order chi connectivity index (χ1) is 19.2. The number of anilines is 1. The maximum absolute atomic E-state index is 13.6. The van der Waals surface area contributed by atoms with Crippen LogP contribution in [0, 0.1) is 18.3 Å². The Kier molecular flexibility index (Phi) is 9.56. The summed E-state index contributed by atoms with van der Waals surface area (Å²) in [5.74, 6) is 1.87. The van der Waals surface area contributed by atoms with Gasteiger partial charge in [0.1, 0.15) is 21.8 Å². The first kappa shape index (κ1) is 29.6. The van der Waals surface area contributed by atoms with Crippen LogP contribution in [0.2, 0.25) is 0 Å². The van der Waals surface area contributed by atoms with E-state index >= 15 is 0 Å². The van der Waals surface area contributed by atoms with E-state index in [-0.39, 0.29) is 17.0 Å². The van der Waals surface area contributed by atoms with Gasteiger partial charge < -0.3 is 19.3 Å². The van der Waals surface area contributed by atoms with Gasteiger partial charge in [0.25, 0.3) is 11.5 Å². The molecule has 0 spiro atoms. The molecule has 0 unspecified atom stereocenters. The van der Waals surface area contributed by atoms with E-state index in [1.165, 1.54) is 11.8 Å². The lowest BCUT2D eigenvalue weighted by Crippen LogP contribution is -2.47. The van der Waals surface area contributed by atoms with Crippen molar-refractivity contribution < 1.29 is 14.3 Å². The Balaban J connectivity index is 1.69. The van der Waals surface area contributed by atoms with Crippen molar-refractivity contribution in [1.82, 2.24) is 14.4 Å². The Morgan fingerprint density at radius 2 is 1.80 bits per heavy atom. The van der Waals surface area contributed by atoms with E-state index in [0.29, 0.717) is 45.8 Å². The molecule has 2 aliphatic heterocycles. The highest BCUT2D eigenvalue weighted by Gasteiger charge is 2.33. The lowest BCUT2D eigenvalue weighted by Gasteiger charge is -2.36. The molecule has 1 aromatic carbocycles. The quantitative estimate of drug-likeness (QED) is 0.325. The largest absolute Gasteiger partial charge is 0.493 e. The summed E-state index contributed by atoms with van der Waals surface area (Å²) < 4.78 is 12.9. The second-order valence-electron chi connectivity index (χ2n) is 9.87. The molecule has 4 rings (SSSR count). The Bertz CT molecular complexity index is 1440. The maximum Gasteiger partial charge on any atom is 0.270 e. The van der Waals surface area contributed by atoms with Crippen molar-refractivity contribution in [3.63, 3.8) is 0 Å². The number of carbonyl (C=O) groups is 1. The molecule has 3 heterocycles. The fourth-order valence-electron chi connectivity index (χ4n) is 5.04. The Labute approximate surface area is 244 Å². The molecule has 0 N–H and O–H groups in total. The molecule has 9 nitrogen and oxygen atoms in total. The van der Waals surface area contributed by atoms with Gasteiger partial charge in [-0.15, -0.1) is 0 Å². The molecule has 212 valence electrons. The number of aromatic nitrogens is 1. The van der Waals surface area contributed by atoms with Crippen LogP contribution in [0.15, 0.2) is 27.9 Å². The van der Waals surface area contributed by atoms with E-state index in [4.69, 9.17) is 21.7 Å². The van der Waals surface area contributed by atoms with E-state index in [2.05, 4.69) is 22.9 Å². The van der Waals surface area contributed by atoms with E-state index in [9.17, 15) is 14.9 Å². The topological polar surface area (TPSA) is 91.0 Å². The number of rotatable bonds is 9. The van der Waals surface area contributed by atoms with Gasteiger partial charge in [-0.25, -0.2) is 0 Å². The van der Waals surface area contributed by atoms with Crippen molar-refractivity contribution in [2.45, 2.75) is 33.2 Å². The second-order valence-corrected chi connectivity index (χ2v) is 11.5. The highest BCUT2D eigenvalue weighted by atomic mass is 32.2. The number of thioether (sulfide) groups is 1. The lowest BCUT2D eigenvalue weighted by molar-refractivity contribution is -0.122. The molecule has 0 saturated carbocycles. The summed E-state index contributed by atoms with van der Waals surface area (Å²) in [5.41, 5.74) is 2.14.